The first-order chi connectivity index (χ1) is 16.0. The van der Waals surface area contributed by atoms with Gasteiger partial charge in [0.05, 0.1) is 12.7 Å². The van der Waals surface area contributed by atoms with E-state index >= 15 is 0 Å². The van der Waals surface area contributed by atoms with Crippen LogP contribution in [-0.4, -0.2) is 52.8 Å². The van der Waals surface area contributed by atoms with Gasteiger partial charge in [0.2, 0.25) is 11.4 Å². The number of rotatable bonds is 3. The van der Waals surface area contributed by atoms with Crippen LogP contribution in [0.3, 0.4) is 0 Å². The Morgan fingerprint density at radius 3 is 2.56 bits per heavy atom. The molecule has 2 aliphatic heterocycles. The maximum absolute atomic E-state index is 13.1. The number of primary amides is 1. The molecule has 1 aromatic carbocycles. The fourth-order valence-corrected chi connectivity index (χ4v) is 4.92. The van der Waals surface area contributed by atoms with Gasteiger partial charge >= 0.3 is 18.3 Å². The summed E-state index contributed by atoms with van der Waals surface area (Å²) in [6.07, 6.45) is -3.52. The Bertz CT molecular complexity index is 1110. The fourth-order valence-electron chi connectivity index (χ4n) is 3.88. The van der Waals surface area contributed by atoms with Crippen molar-refractivity contribution in [2.75, 3.05) is 25.1 Å². The highest BCUT2D eigenvalue weighted by atomic mass is 32.2. The molecule has 1 atom stereocenters. The average Bonchev–Trinajstić information content (AvgIpc) is 3.17. The number of nitrogens with zero attached hydrogens (tertiary/aromatic N) is 4. The van der Waals surface area contributed by atoms with Crippen molar-refractivity contribution in [2.24, 2.45) is 11.5 Å². The number of nitrogens with two attached hydrogens (primary N) is 2. The summed E-state index contributed by atoms with van der Waals surface area (Å²) in [4.78, 5) is 35.3. The normalized spacial score (nSPS) is 19.5. The number of urea groups is 1. The van der Waals surface area contributed by atoms with Gasteiger partial charge in [-0.25, -0.2) is 19.5 Å². The van der Waals surface area contributed by atoms with E-state index in [2.05, 4.69) is 9.97 Å². The Morgan fingerprint density at radius 1 is 1.24 bits per heavy atom. The van der Waals surface area contributed by atoms with Crippen molar-refractivity contribution in [2.45, 2.75) is 35.1 Å². The number of aromatic nitrogens is 2. The second kappa shape index (κ2) is 8.83. The maximum atomic E-state index is 13.1. The molecule has 1 aromatic heterocycles. The standard InChI is InChI=1S/C20H21F3N6O4S/c1-32-14-13-15(27-10-26-14)34-18(29(13)16(24)30)33-17(31)28-7-5-19(25,6-8-28)11-3-2-4-12(9-11)20(21,22)23/h2-4,9-10,18H,5-8,25H2,1H3,(H2,24,30). The Balaban J connectivity index is 1.44. The van der Waals surface area contributed by atoms with E-state index in [4.69, 9.17) is 20.9 Å². The highest BCUT2D eigenvalue weighted by Gasteiger charge is 2.43. The number of amides is 3. The predicted molar refractivity (Wildman–Crippen MR) is 115 cm³/mol. The SMILES string of the molecule is COc1ncnc2c1N(C(N)=O)C(OC(=O)N1CCC(N)(c3cccc(C(F)(F)F)c3)CC1)S2. The monoisotopic (exact) mass is 498 g/mol. The first-order valence-corrected chi connectivity index (χ1v) is 11.0. The molecule has 0 bridgehead atoms. The molecule has 3 amide bonds. The van der Waals surface area contributed by atoms with Gasteiger partial charge in [-0.2, -0.15) is 18.2 Å². The summed E-state index contributed by atoms with van der Waals surface area (Å²) in [5.41, 5.74) is 9.52. The highest BCUT2D eigenvalue weighted by Crippen LogP contribution is 2.46. The van der Waals surface area contributed by atoms with Crippen LogP contribution in [0, 0.1) is 0 Å². The number of alkyl halides is 3. The quantitative estimate of drug-likeness (QED) is 0.617. The van der Waals surface area contributed by atoms with Gasteiger partial charge in [-0.05, 0) is 42.3 Å². The summed E-state index contributed by atoms with van der Waals surface area (Å²) >= 11 is 0.988. The second-order valence-electron chi connectivity index (χ2n) is 7.78. The van der Waals surface area contributed by atoms with Crippen LogP contribution in [0.2, 0.25) is 0 Å². The number of hydrogen-bond donors (Lipinski definition) is 2. The lowest BCUT2D eigenvalue weighted by Gasteiger charge is -2.39. The van der Waals surface area contributed by atoms with E-state index in [0.717, 1.165) is 28.8 Å². The fraction of sp³-hybridized carbons (Fsp3) is 0.400. The van der Waals surface area contributed by atoms with Crippen molar-refractivity contribution in [1.29, 1.82) is 0 Å². The third-order valence-corrected chi connectivity index (χ3v) is 6.76. The zero-order valence-electron chi connectivity index (χ0n) is 17.9. The van der Waals surface area contributed by atoms with Gasteiger partial charge in [0.15, 0.2) is 0 Å². The summed E-state index contributed by atoms with van der Waals surface area (Å²) in [5.74, 6) is 0.0989. The van der Waals surface area contributed by atoms with Gasteiger partial charge in [0.1, 0.15) is 17.0 Å². The number of methoxy groups -OCH3 is 1. The summed E-state index contributed by atoms with van der Waals surface area (Å²) in [6, 6.07) is 4.01. The zero-order valence-corrected chi connectivity index (χ0v) is 18.7. The van der Waals surface area contributed by atoms with E-state index in [1.807, 2.05) is 0 Å². The number of fused-ring (bicyclic) bond motifs is 1. The first kappa shape index (κ1) is 23.9. The predicted octanol–water partition coefficient (Wildman–Crippen LogP) is 2.87. The molecule has 2 aromatic rings. The lowest BCUT2D eigenvalue weighted by molar-refractivity contribution is -0.137. The molecule has 0 radical (unpaired) electrons. The molecule has 14 heteroatoms. The molecular weight excluding hydrogens is 477 g/mol. The van der Waals surface area contributed by atoms with Crippen molar-refractivity contribution < 1.29 is 32.2 Å². The second-order valence-corrected chi connectivity index (χ2v) is 8.80. The van der Waals surface area contributed by atoms with Gasteiger partial charge < -0.3 is 25.8 Å². The Hall–Kier alpha value is -3.26. The molecule has 0 aliphatic carbocycles. The molecule has 2 aliphatic rings. The van der Waals surface area contributed by atoms with Crippen LogP contribution in [0.15, 0.2) is 35.6 Å². The molecule has 1 unspecified atom stereocenters. The zero-order chi connectivity index (χ0) is 24.7. The van der Waals surface area contributed by atoms with Crippen LogP contribution >= 0.6 is 11.8 Å². The molecule has 4 N–H and O–H groups in total. The summed E-state index contributed by atoms with van der Waals surface area (Å²) in [5, 5.41) is 0.354. The Morgan fingerprint density at radius 2 is 1.94 bits per heavy atom. The molecule has 0 spiro atoms. The van der Waals surface area contributed by atoms with E-state index in [1.54, 1.807) is 6.07 Å². The number of carbonyl (C=O) groups excluding carboxylic acids is 2. The third kappa shape index (κ3) is 4.42. The Labute approximate surface area is 196 Å². The Kier molecular flexibility index (Phi) is 6.20. The van der Waals surface area contributed by atoms with Crippen molar-refractivity contribution >= 4 is 29.6 Å². The van der Waals surface area contributed by atoms with Crippen LogP contribution in [0.5, 0.6) is 5.88 Å². The smallest absolute Gasteiger partial charge is 0.416 e. The highest BCUT2D eigenvalue weighted by molar-refractivity contribution is 8.00. The van der Waals surface area contributed by atoms with Gasteiger partial charge in [-0.3, -0.25) is 0 Å². The van der Waals surface area contributed by atoms with Crippen LogP contribution in [-0.2, 0) is 16.5 Å². The minimum Gasteiger partial charge on any atom is -0.479 e. The summed E-state index contributed by atoms with van der Waals surface area (Å²) < 4.78 is 49.9. The van der Waals surface area contributed by atoms with E-state index in [-0.39, 0.29) is 37.5 Å². The molecular formula is C20H21F3N6O4S. The number of likely N-dealkylation sites (tertiary alicyclic amines) is 1. The largest absolute Gasteiger partial charge is 0.479 e. The minimum atomic E-state index is -4.48. The lowest BCUT2D eigenvalue weighted by atomic mass is 9.81. The number of hydrogen-bond acceptors (Lipinski definition) is 8. The van der Waals surface area contributed by atoms with Gasteiger partial charge in [-0.1, -0.05) is 12.1 Å². The van der Waals surface area contributed by atoms with E-state index < -0.39 is 35.0 Å². The van der Waals surface area contributed by atoms with Gasteiger partial charge in [-0.15, -0.1) is 0 Å². The molecule has 182 valence electrons. The van der Waals surface area contributed by atoms with E-state index in [0.29, 0.717) is 10.6 Å². The number of carbonyl (C=O) groups is 2. The molecule has 3 heterocycles. The topological polar surface area (TPSA) is 137 Å². The van der Waals surface area contributed by atoms with Crippen LogP contribution in [0.4, 0.5) is 28.4 Å². The molecule has 10 nitrogen and oxygen atoms in total. The average molecular weight is 498 g/mol. The number of anilines is 1. The van der Waals surface area contributed by atoms with Crippen molar-refractivity contribution in [3.05, 3.63) is 41.7 Å². The summed E-state index contributed by atoms with van der Waals surface area (Å²) in [7, 11) is 1.36. The van der Waals surface area contributed by atoms with E-state index in [9.17, 15) is 22.8 Å². The number of piperidine rings is 1. The number of ether oxygens (including phenoxy) is 2. The number of thioether (sulfide) groups is 1. The van der Waals surface area contributed by atoms with Gasteiger partial charge in [0.25, 0.3) is 0 Å². The third-order valence-electron chi connectivity index (χ3n) is 5.73. The lowest BCUT2D eigenvalue weighted by Crippen LogP contribution is -2.51. The molecule has 0 saturated carbocycles. The van der Waals surface area contributed by atoms with Crippen molar-refractivity contribution in [3.8, 4) is 5.88 Å². The van der Waals surface area contributed by atoms with E-state index in [1.165, 1.54) is 24.4 Å². The molecule has 4 rings (SSSR count). The number of halogens is 3. The summed E-state index contributed by atoms with van der Waals surface area (Å²) in [6.45, 7) is 0.297. The van der Waals surface area contributed by atoms with Crippen LogP contribution in [0.25, 0.3) is 0 Å². The van der Waals surface area contributed by atoms with Gasteiger partial charge in [0, 0.05) is 18.6 Å². The molecule has 1 fully saturated rings. The van der Waals surface area contributed by atoms with Crippen molar-refractivity contribution in [3.63, 3.8) is 0 Å². The van der Waals surface area contributed by atoms with Crippen LogP contribution in [0.1, 0.15) is 24.0 Å². The maximum Gasteiger partial charge on any atom is 0.416 e. The first-order valence-electron chi connectivity index (χ1n) is 10.1. The molecule has 34 heavy (non-hydrogen) atoms. The molecule has 1 saturated heterocycles. The number of benzene rings is 1. The minimum absolute atomic E-state index is 0.0989. The van der Waals surface area contributed by atoms with Crippen molar-refractivity contribution in [1.82, 2.24) is 14.9 Å². The van der Waals surface area contributed by atoms with Crippen LogP contribution < -0.4 is 21.1 Å².